The molecule has 2 aromatic carbocycles. The van der Waals surface area contributed by atoms with Gasteiger partial charge in [0.05, 0.1) is 15.4 Å². The minimum absolute atomic E-state index is 0. The highest BCUT2D eigenvalue weighted by Gasteiger charge is 2.24. The molecule has 1 unspecified atom stereocenters. The van der Waals surface area contributed by atoms with Gasteiger partial charge in [0.2, 0.25) is 0 Å². The SMILES string of the molecule is CC(C)c1nc(N=S(C)(=O)C2CCCCC2)c2cc(N)c(C=N)cc2c1-c1ccc(F)cc1.[HH]. The van der Waals surface area contributed by atoms with E-state index in [-0.39, 0.29) is 18.4 Å². The normalized spacial score (nSPS) is 16.6. The van der Waals surface area contributed by atoms with Gasteiger partial charge in [-0.05, 0) is 54.0 Å². The lowest BCUT2D eigenvalue weighted by Gasteiger charge is -2.23. The molecule has 5 nitrogen and oxygen atoms in total. The molecule has 0 aliphatic heterocycles. The zero-order valence-corrected chi connectivity index (χ0v) is 20.2. The monoisotopic (exact) mass is 468 g/mol. The third-order valence-electron chi connectivity index (χ3n) is 6.49. The topological polar surface area (TPSA) is 92.2 Å². The first-order valence-corrected chi connectivity index (χ1v) is 13.4. The quantitative estimate of drug-likeness (QED) is 0.310. The van der Waals surface area contributed by atoms with Crippen LogP contribution in [-0.4, -0.2) is 26.9 Å². The van der Waals surface area contributed by atoms with E-state index in [1.165, 1.54) is 24.8 Å². The number of nitrogen functional groups attached to an aromatic ring is 1. The molecule has 0 spiro atoms. The molecule has 1 aliphatic carbocycles. The molecule has 7 heteroatoms. The van der Waals surface area contributed by atoms with Gasteiger partial charge in [-0.3, -0.25) is 0 Å². The molecule has 0 saturated heterocycles. The summed E-state index contributed by atoms with van der Waals surface area (Å²) in [5, 5.41) is 9.38. The highest BCUT2D eigenvalue weighted by molar-refractivity contribution is 7.93. The van der Waals surface area contributed by atoms with E-state index < -0.39 is 9.73 Å². The van der Waals surface area contributed by atoms with Gasteiger partial charge in [0.15, 0.2) is 5.82 Å². The second-order valence-corrected chi connectivity index (χ2v) is 11.8. The summed E-state index contributed by atoms with van der Waals surface area (Å²) >= 11 is 0. The number of fused-ring (bicyclic) bond motifs is 1. The van der Waals surface area contributed by atoms with Crippen molar-refractivity contribution in [1.29, 1.82) is 5.41 Å². The fraction of sp³-hybridized carbons (Fsp3) is 0.385. The van der Waals surface area contributed by atoms with Crippen molar-refractivity contribution in [3.05, 3.63) is 53.5 Å². The van der Waals surface area contributed by atoms with E-state index in [1.54, 1.807) is 24.5 Å². The van der Waals surface area contributed by atoms with Crippen molar-refractivity contribution < 1.29 is 10.0 Å². The fourth-order valence-electron chi connectivity index (χ4n) is 4.67. The lowest BCUT2D eigenvalue weighted by Crippen LogP contribution is -2.22. The Labute approximate surface area is 196 Å². The van der Waals surface area contributed by atoms with Crippen LogP contribution in [0.4, 0.5) is 15.9 Å². The van der Waals surface area contributed by atoms with Crippen molar-refractivity contribution >= 4 is 38.2 Å². The number of rotatable bonds is 5. The molecule has 1 aliphatic rings. The van der Waals surface area contributed by atoms with Crippen molar-refractivity contribution in [2.75, 3.05) is 12.0 Å². The third kappa shape index (κ3) is 4.64. The molecule has 4 rings (SSSR count). The van der Waals surface area contributed by atoms with Crippen LogP contribution in [0.25, 0.3) is 21.9 Å². The Morgan fingerprint density at radius 2 is 1.85 bits per heavy atom. The number of nitrogens with one attached hydrogen (secondary N) is 1. The van der Waals surface area contributed by atoms with E-state index in [4.69, 9.17) is 20.5 Å². The van der Waals surface area contributed by atoms with Gasteiger partial charge in [0.25, 0.3) is 0 Å². The third-order valence-corrected chi connectivity index (χ3v) is 8.73. The summed E-state index contributed by atoms with van der Waals surface area (Å²) in [7, 11) is -2.50. The van der Waals surface area contributed by atoms with Crippen LogP contribution < -0.4 is 5.73 Å². The predicted molar refractivity (Wildman–Crippen MR) is 139 cm³/mol. The number of hydrogen-bond acceptors (Lipinski definition) is 5. The van der Waals surface area contributed by atoms with E-state index in [1.807, 2.05) is 19.9 Å². The number of aromatic nitrogens is 1. The van der Waals surface area contributed by atoms with E-state index in [0.717, 1.165) is 47.9 Å². The average Bonchev–Trinajstić information content (AvgIpc) is 2.79. The summed E-state index contributed by atoms with van der Waals surface area (Å²) in [6.07, 6.45) is 8.14. The zero-order chi connectivity index (χ0) is 23.8. The maximum absolute atomic E-state index is 13.7. The van der Waals surface area contributed by atoms with Gasteiger partial charge in [-0.2, -0.15) is 4.36 Å². The Bertz CT molecular complexity index is 1330. The average molecular weight is 469 g/mol. The highest BCUT2D eigenvalue weighted by Crippen LogP contribution is 2.41. The largest absolute Gasteiger partial charge is 0.398 e. The molecular weight excluding hydrogens is 435 g/mol. The van der Waals surface area contributed by atoms with E-state index in [9.17, 15) is 8.60 Å². The standard InChI is InChI=1S/C26H31FN4OS.H2/c1-16(2)25-24(17-9-11-19(27)12-10-17)21-13-18(15-28)23(29)14-22(21)26(30-25)31-33(3,32)20-7-5-4-6-8-20;/h9-16,20,28H,4-8,29H2,1-3H3;1H. The van der Waals surface area contributed by atoms with Gasteiger partial charge in [0, 0.05) is 41.3 Å². The first-order chi connectivity index (χ1) is 15.7. The lowest BCUT2D eigenvalue weighted by atomic mass is 9.91. The Morgan fingerprint density at radius 3 is 2.45 bits per heavy atom. The summed E-state index contributed by atoms with van der Waals surface area (Å²) in [5.74, 6) is 0.171. The van der Waals surface area contributed by atoms with E-state index in [0.29, 0.717) is 22.5 Å². The molecule has 1 atom stereocenters. The molecule has 3 N–H and O–H groups in total. The number of hydrogen-bond donors (Lipinski definition) is 2. The van der Waals surface area contributed by atoms with Gasteiger partial charge in [-0.1, -0.05) is 45.2 Å². The Hall–Kier alpha value is -2.80. The summed E-state index contributed by atoms with van der Waals surface area (Å²) < 4.78 is 32.2. The number of anilines is 1. The van der Waals surface area contributed by atoms with Crippen LogP contribution in [-0.2, 0) is 9.73 Å². The molecule has 1 aromatic heterocycles. The van der Waals surface area contributed by atoms with Crippen molar-refractivity contribution in [2.45, 2.75) is 57.1 Å². The molecule has 3 aromatic rings. The van der Waals surface area contributed by atoms with Crippen LogP contribution in [0.3, 0.4) is 0 Å². The zero-order valence-electron chi connectivity index (χ0n) is 19.4. The number of halogens is 1. The number of benzene rings is 2. The second kappa shape index (κ2) is 9.21. The molecule has 33 heavy (non-hydrogen) atoms. The van der Waals surface area contributed by atoms with Crippen LogP contribution in [0.2, 0.25) is 0 Å². The molecular formula is C26H33FN4OS. The summed E-state index contributed by atoms with van der Waals surface area (Å²) in [5.41, 5.74) is 9.76. The number of nitrogens with zero attached hydrogens (tertiary/aromatic N) is 2. The molecule has 0 amide bonds. The maximum atomic E-state index is 13.7. The first kappa shape index (κ1) is 23.4. The smallest absolute Gasteiger partial charge is 0.169 e. The van der Waals surface area contributed by atoms with Crippen LogP contribution in [0.15, 0.2) is 40.8 Å². The second-order valence-electron chi connectivity index (χ2n) is 9.24. The van der Waals surface area contributed by atoms with Crippen molar-refractivity contribution in [1.82, 2.24) is 4.98 Å². The van der Waals surface area contributed by atoms with Gasteiger partial charge < -0.3 is 11.1 Å². The van der Waals surface area contributed by atoms with Crippen molar-refractivity contribution in [3.63, 3.8) is 0 Å². The van der Waals surface area contributed by atoms with Gasteiger partial charge in [-0.25, -0.2) is 13.6 Å². The molecule has 1 saturated carbocycles. The van der Waals surface area contributed by atoms with Gasteiger partial charge in [-0.15, -0.1) is 0 Å². The molecule has 1 fully saturated rings. The van der Waals surface area contributed by atoms with Crippen LogP contribution in [0.1, 0.15) is 64.6 Å². The summed E-state index contributed by atoms with van der Waals surface area (Å²) in [4.78, 5) is 4.92. The molecule has 176 valence electrons. The lowest BCUT2D eigenvalue weighted by molar-refractivity contribution is 0.503. The van der Waals surface area contributed by atoms with Crippen molar-refractivity contribution in [3.8, 4) is 11.1 Å². The fourth-order valence-corrected chi connectivity index (χ4v) is 6.51. The Balaban J connectivity index is 0.00000324. The molecule has 0 bridgehead atoms. The van der Waals surface area contributed by atoms with Crippen LogP contribution in [0, 0.1) is 11.2 Å². The molecule has 0 radical (unpaired) electrons. The minimum Gasteiger partial charge on any atom is -0.398 e. The van der Waals surface area contributed by atoms with E-state index >= 15 is 0 Å². The maximum Gasteiger partial charge on any atom is 0.169 e. The van der Waals surface area contributed by atoms with Gasteiger partial charge in [0.1, 0.15) is 5.82 Å². The van der Waals surface area contributed by atoms with Gasteiger partial charge >= 0.3 is 0 Å². The molecule has 1 heterocycles. The summed E-state index contributed by atoms with van der Waals surface area (Å²) in [6.45, 7) is 4.09. The highest BCUT2D eigenvalue weighted by atomic mass is 32.2. The number of nitrogens with two attached hydrogens (primary N) is 1. The van der Waals surface area contributed by atoms with E-state index in [2.05, 4.69) is 0 Å². The Morgan fingerprint density at radius 1 is 1.18 bits per heavy atom. The van der Waals surface area contributed by atoms with Crippen LogP contribution >= 0.6 is 0 Å². The number of pyridine rings is 1. The first-order valence-electron chi connectivity index (χ1n) is 11.5. The van der Waals surface area contributed by atoms with Crippen LogP contribution in [0.5, 0.6) is 0 Å². The summed E-state index contributed by atoms with van der Waals surface area (Å²) in [6, 6.07) is 9.97. The van der Waals surface area contributed by atoms with Crippen molar-refractivity contribution in [2.24, 2.45) is 4.36 Å². The minimum atomic E-state index is -2.50. The Kier molecular flexibility index (Phi) is 6.52. The predicted octanol–water partition coefficient (Wildman–Crippen LogP) is 7.05.